The highest BCUT2D eigenvalue weighted by atomic mass is 16.5. The predicted molar refractivity (Wildman–Crippen MR) is 92.9 cm³/mol. The van der Waals surface area contributed by atoms with Crippen molar-refractivity contribution in [3.05, 3.63) is 35.4 Å². The predicted octanol–water partition coefficient (Wildman–Crippen LogP) is 3.92. The van der Waals surface area contributed by atoms with Gasteiger partial charge in [-0.2, -0.15) is 0 Å². The van der Waals surface area contributed by atoms with Crippen LogP contribution in [0.5, 0.6) is 5.75 Å². The minimum atomic E-state index is -1.29. The monoisotopic (exact) mass is 334 g/mol. The first kappa shape index (κ1) is 19.7. The fourth-order valence-corrected chi connectivity index (χ4v) is 2.24. The fraction of sp³-hybridized carbons (Fsp3) is 0.474. The van der Waals surface area contributed by atoms with Crippen LogP contribution in [-0.4, -0.2) is 30.8 Å². The quantitative estimate of drug-likeness (QED) is 0.304. The number of benzene rings is 1. The van der Waals surface area contributed by atoms with Crippen molar-refractivity contribution in [1.82, 2.24) is 0 Å². The molecular formula is C19H26O5. The zero-order chi connectivity index (χ0) is 17.9. The van der Waals surface area contributed by atoms with E-state index in [1.807, 2.05) is 6.92 Å². The molecule has 0 aliphatic carbocycles. The number of ether oxygens (including phenoxy) is 2. The van der Waals surface area contributed by atoms with Gasteiger partial charge in [-0.15, -0.1) is 0 Å². The third-order valence-corrected chi connectivity index (χ3v) is 3.87. The standard InChI is InChI=1S/C19H26O5/c1-4-6-7-14(5-2)13-24-19(22)17(18(20)21)12-15-8-10-16(23-3)11-9-15/h8-12,14H,4-7,13H2,1-3H3,(H,20,21). The van der Waals surface area contributed by atoms with Crippen molar-refractivity contribution in [2.45, 2.75) is 39.5 Å². The second-order valence-electron chi connectivity index (χ2n) is 5.65. The summed E-state index contributed by atoms with van der Waals surface area (Å²) in [4.78, 5) is 23.5. The number of methoxy groups -OCH3 is 1. The van der Waals surface area contributed by atoms with Gasteiger partial charge in [-0.1, -0.05) is 45.2 Å². The molecule has 0 bridgehead atoms. The SMILES string of the molecule is CCCCC(CC)COC(=O)C(=Cc1ccc(OC)cc1)C(=O)O. The van der Waals surface area contributed by atoms with Crippen LogP contribution in [0.25, 0.3) is 6.08 Å². The van der Waals surface area contributed by atoms with Crippen molar-refractivity contribution in [1.29, 1.82) is 0 Å². The molecule has 1 rings (SSSR count). The Balaban J connectivity index is 2.77. The number of hydrogen-bond donors (Lipinski definition) is 1. The number of rotatable bonds is 10. The Morgan fingerprint density at radius 3 is 2.38 bits per heavy atom. The summed E-state index contributed by atoms with van der Waals surface area (Å²) in [6, 6.07) is 6.78. The van der Waals surface area contributed by atoms with Crippen LogP contribution in [0.15, 0.2) is 29.8 Å². The molecule has 0 heterocycles. The van der Waals surface area contributed by atoms with Crippen molar-refractivity contribution in [2.24, 2.45) is 5.92 Å². The fourth-order valence-electron chi connectivity index (χ4n) is 2.24. The van der Waals surface area contributed by atoms with E-state index in [1.165, 1.54) is 6.08 Å². The third kappa shape index (κ3) is 6.44. The number of carbonyl (C=O) groups excluding carboxylic acids is 1. The molecule has 0 fully saturated rings. The summed E-state index contributed by atoms with van der Waals surface area (Å²) in [5, 5.41) is 9.28. The summed E-state index contributed by atoms with van der Waals surface area (Å²) in [5.41, 5.74) is 0.230. The normalized spacial score (nSPS) is 12.5. The molecule has 5 heteroatoms. The molecule has 24 heavy (non-hydrogen) atoms. The maximum atomic E-state index is 12.1. The summed E-state index contributed by atoms with van der Waals surface area (Å²) in [6.45, 7) is 4.40. The Hall–Kier alpha value is -2.30. The van der Waals surface area contributed by atoms with Crippen LogP contribution in [0.3, 0.4) is 0 Å². The van der Waals surface area contributed by atoms with Crippen molar-refractivity contribution < 1.29 is 24.2 Å². The van der Waals surface area contributed by atoms with E-state index in [9.17, 15) is 14.7 Å². The highest BCUT2D eigenvalue weighted by molar-refractivity contribution is 6.17. The lowest BCUT2D eigenvalue weighted by Gasteiger charge is -2.14. The van der Waals surface area contributed by atoms with Gasteiger partial charge in [0.05, 0.1) is 13.7 Å². The average Bonchev–Trinajstić information content (AvgIpc) is 2.59. The van der Waals surface area contributed by atoms with E-state index in [1.54, 1.807) is 31.4 Å². The van der Waals surface area contributed by atoms with E-state index in [0.717, 1.165) is 25.7 Å². The molecule has 5 nitrogen and oxygen atoms in total. The Morgan fingerprint density at radius 2 is 1.88 bits per heavy atom. The molecule has 1 unspecified atom stereocenters. The molecule has 1 atom stereocenters. The first-order valence-corrected chi connectivity index (χ1v) is 8.27. The van der Waals surface area contributed by atoms with E-state index >= 15 is 0 Å². The molecular weight excluding hydrogens is 308 g/mol. The largest absolute Gasteiger partial charge is 0.497 e. The van der Waals surface area contributed by atoms with Gasteiger partial charge >= 0.3 is 11.9 Å². The van der Waals surface area contributed by atoms with Crippen LogP contribution in [0.1, 0.15) is 45.1 Å². The first-order valence-electron chi connectivity index (χ1n) is 8.27. The summed E-state index contributed by atoms with van der Waals surface area (Å²) in [5.74, 6) is -1.16. The number of hydrogen-bond acceptors (Lipinski definition) is 4. The van der Waals surface area contributed by atoms with Crippen LogP contribution in [0, 0.1) is 5.92 Å². The second-order valence-corrected chi connectivity index (χ2v) is 5.65. The summed E-state index contributed by atoms with van der Waals surface area (Å²) >= 11 is 0. The summed E-state index contributed by atoms with van der Waals surface area (Å²) < 4.78 is 10.3. The average molecular weight is 334 g/mol. The Bertz CT molecular complexity index is 560. The highest BCUT2D eigenvalue weighted by Gasteiger charge is 2.20. The molecule has 1 N–H and O–H groups in total. The van der Waals surface area contributed by atoms with Crippen molar-refractivity contribution in [3.63, 3.8) is 0 Å². The minimum absolute atomic E-state index is 0.253. The van der Waals surface area contributed by atoms with Gasteiger partial charge in [0.2, 0.25) is 0 Å². The smallest absolute Gasteiger partial charge is 0.345 e. The van der Waals surface area contributed by atoms with Crippen LogP contribution in [0.4, 0.5) is 0 Å². The van der Waals surface area contributed by atoms with Gasteiger partial charge in [-0.3, -0.25) is 0 Å². The molecule has 1 aromatic rings. The van der Waals surface area contributed by atoms with Crippen molar-refractivity contribution in [3.8, 4) is 5.75 Å². The van der Waals surface area contributed by atoms with Gasteiger partial charge in [-0.25, -0.2) is 9.59 Å². The number of carboxylic acids is 1. The van der Waals surface area contributed by atoms with E-state index in [4.69, 9.17) is 9.47 Å². The summed E-state index contributed by atoms with van der Waals surface area (Å²) in [7, 11) is 1.55. The molecule has 132 valence electrons. The molecule has 0 aliphatic heterocycles. The molecule has 0 aromatic heterocycles. The molecule has 0 amide bonds. The number of carboxylic acid groups (broad SMARTS) is 1. The maximum Gasteiger partial charge on any atom is 0.345 e. The lowest BCUT2D eigenvalue weighted by atomic mass is 10.0. The van der Waals surface area contributed by atoms with Gasteiger partial charge < -0.3 is 14.6 Å². The number of aliphatic carboxylic acids is 1. The Morgan fingerprint density at radius 1 is 1.21 bits per heavy atom. The van der Waals surface area contributed by atoms with Crippen LogP contribution >= 0.6 is 0 Å². The zero-order valence-electron chi connectivity index (χ0n) is 14.6. The van der Waals surface area contributed by atoms with Crippen molar-refractivity contribution in [2.75, 3.05) is 13.7 Å². The molecule has 0 saturated heterocycles. The third-order valence-electron chi connectivity index (χ3n) is 3.87. The maximum absolute atomic E-state index is 12.1. The molecule has 1 aromatic carbocycles. The van der Waals surface area contributed by atoms with E-state index in [2.05, 4.69) is 6.92 Å². The highest BCUT2D eigenvalue weighted by Crippen LogP contribution is 2.17. The lowest BCUT2D eigenvalue weighted by molar-refractivity contribution is -0.145. The number of unbranched alkanes of at least 4 members (excludes halogenated alkanes) is 1. The van der Waals surface area contributed by atoms with Crippen molar-refractivity contribution >= 4 is 18.0 Å². The Kier molecular flexibility index (Phi) is 8.61. The van der Waals surface area contributed by atoms with Gasteiger partial charge in [0.1, 0.15) is 11.3 Å². The molecule has 0 spiro atoms. The van der Waals surface area contributed by atoms with E-state index in [0.29, 0.717) is 11.3 Å². The van der Waals surface area contributed by atoms with Gasteiger partial charge in [0.15, 0.2) is 0 Å². The lowest BCUT2D eigenvalue weighted by Crippen LogP contribution is -2.19. The first-order chi connectivity index (χ1) is 11.5. The molecule has 0 aliphatic rings. The Labute approximate surface area is 143 Å². The topological polar surface area (TPSA) is 72.8 Å². The van der Waals surface area contributed by atoms with Crippen LogP contribution in [-0.2, 0) is 14.3 Å². The van der Waals surface area contributed by atoms with E-state index < -0.39 is 11.9 Å². The second kappa shape index (κ2) is 10.5. The van der Waals surface area contributed by atoms with Gasteiger partial charge in [0, 0.05) is 0 Å². The summed E-state index contributed by atoms with van der Waals surface area (Å²) in [6.07, 6.45) is 5.35. The molecule has 0 radical (unpaired) electrons. The van der Waals surface area contributed by atoms with Crippen LogP contribution < -0.4 is 4.74 Å². The number of esters is 1. The van der Waals surface area contributed by atoms with Crippen LogP contribution in [0.2, 0.25) is 0 Å². The molecule has 0 saturated carbocycles. The van der Waals surface area contributed by atoms with Gasteiger partial charge in [0.25, 0.3) is 0 Å². The minimum Gasteiger partial charge on any atom is -0.497 e. The number of carbonyl (C=O) groups is 2. The van der Waals surface area contributed by atoms with E-state index in [-0.39, 0.29) is 18.1 Å². The van der Waals surface area contributed by atoms with Gasteiger partial charge in [-0.05, 0) is 36.1 Å². The zero-order valence-corrected chi connectivity index (χ0v) is 14.6.